The van der Waals surface area contributed by atoms with Crippen LogP contribution in [0.15, 0.2) is 192 Å². The average molecular weight is 723 g/mol. The van der Waals surface area contributed by atoms with E-state index >= 15 is 0 Å². The summed E-state index contributed by atoms with van der Waals surface area (Å²) in [5.74, 6) is 0. The van der Waals surface area contributed by atoms with E-state index in [1.807, 2.05) is 47.7 Å². The van der Waals surface area contributed by atoms with E-state index in [9.17, 15) is 0 Å². The number of hydrogen-bond donors (Lipinski definition) is 0. The average Bonchev–Trinajstić information content (AvgIpc) is 4.00. The lowest BCUT2D eigenvalue weighted by Gasteiger charge is -2.11. The molecule has 8 aromatic carbocycles. The molecule has 0 spiro atoms. The van der Waals surface area contributed by atoms with Gasteiger partial charge in [-0.1, -0.05) is 127 Å². The summed E-state index contributed by atoms with van der Waals surface area (Å²) in [5, 5.41) is 16.3. The van der Waals surface area contributed by atoms with Crippen LogP contribution in [0.2, 0.25) is 0 Å². The van der Waals surface area contributed by atoms with Gasteiger partial charge in [0.1, 0.15) is 6.04 Å². The number of azo groups is 1. The van der Waals surface area contributed by atoms with E-state index in [4.69, 9.17) is 0 Å². The molecular weight excluding hydrogens is 689 g/mol. The summed E-state index contributed by atoms with van der Waals surface area (Å²) in [4.78, 5) is 0. The van der Waals surface area contributed by atoms with Gasteiger partial charge in [0.05, 0.1) is 32.5 Å². The summed E-state index contributed by atoms with van der Waals surface area (Å²) >= 11 is 1.90. The lowest BCUT2D eigenvalue weighted by Crippen LogP contribution is -1.96. The Morgan fingerprint density at radius 1 is 0.473 bits per heavy atom. The zero-order valence-corrected chi connectivity index (χ0v) is 30.9. The number of hydrogen-bond acceptors (Lipinski definition) is 3. The number of benzene rings is 8. The maximum Gasteiger partial charge on any atom is 0.123 e. The summed E-state index contributed by atoms with van der Waals surface area (Å²) in [7, 11) is 0. The van der Waals surface area contributed by atoms with Gasteiger partial charge in [-0.05, 0) is 72.6 Å². The number of rotatable bonds is 3. The van der Waals surface area contributed by atoms with Crippen molar-refractivity contribution in [2.24, 2.45) is 10.2 Å². The number of nitrogens with zero attached hydrogens (tertiary/aromatic N) is 4. The lowest BCUT2D eigenvalue weighted by molar-refractivity contribution is 0.862. The predicted molar refractivity (Wildman–Crippen MR) is 232 cm³/mol. The molecule has 3 aromatic heterocycles. The topological polar surface area (TPSA) is 34.6 Å². The van der Waals surface area contributed by atoms with Crippen molar-refractivity contribution < 1.29 is 0 Å². The van der Waals surface area contributed by atoms with Gasteiger partial charge in [0.2, 0.25) is 0 Å². The smallest absolute Gasteiger partial charge is 0.123 e. The fourth-order valence-corrected chi connectivity index (χ4v) is 9.74. The Balaban J connectivity index is 0.000000196. The molecule has 0 fully saturated rings. The van der Waals surface area contributed by atoms with E-state index in [1.165, 1.54) is 91.8 Å². The highest BCUT2D eigenvalue weighted by Crippen LogP contribution is 2.45. The van der Waals surface area contributed by atoms with E-state index in [0.29, 0.717) is 0 Å². The molecule has 0 aliphatic carbocycles. The van der Waals surface area contributed by atoms with Crippen LogP contribution in [0.4, 0.5) is 5.69 Å². The van der Waals surface area contributed by atoms with E-state index in [-0.39, 0.29) is 6.04 Å². The number of thiophene rings is 1. The molecule has 11 aromatic rings. The third kappa shape index (κ3) is 5.04. The Kier molecular flexibility index (Phi) is 7.29. The minimum Gasteiger partial charge on any atom is -0.309 e. The van der Waals surface area contributed by atoms with Crippen molar-refractivity contribution in [1.29, 1.82) is 0 Å². The summed E-state index contributed by atoms with van der Waals surface area (Å²) in [6.07, 6.45) is 0. The summed E-state index contributed by atoms with van der Waals surface area (Å²) in [5.41, 5.74) is 12.0. The first-order valence-corrected chi connectivity index (χ1v) is 19.5. The Hall–Kier alpha value is -6.82. The quantitative estimate of drug-likeness (QED) is 0.174. The van der Waals surface area contributed by atoms with Crippen molar-refractivity contribution in [2.75, 3.05) is 0 Å². The van der Waals surface area contributed by atoms with E-state index in [1.54, 1.807) is 0 Å². The molecule has 0 N–H and O–H groups in total. The van der Waals surface area contributed by atoms with Gasteiger partial charge in [-0.3, -0.25) is 0 Å². The lowest BCUT2D eigenvalue weighted by atomic mass is 9.99. The summed E-state index contributed by atoms with van der Waals surface area (Å²) in [6, 6.07) is 65.2. The Labute approximate surface area is 321 Å². The van der Waals surface area contributed by atoms with Crippen LogP contribution in [-0.4, -0.2) is 9.13 Å². The molecule has 1 atom stereocenters. The number of aryl methyl sites for hydroxylation is 1. The summed E-state index contributed by atoms with van der Waals surface area (Å²) in [6.45, 7) is 2.17. The molecule has 1 aliphatic heterocycles. The molecular formula is C50H34N4S. The second kappa shape index (κ2) is 12.7. The number of aromatic nitrogens is 2. The van der Waals surface area contributed by atoms with Crippen molar-refractivity contribution in [3.63, 3.8) is 0 Å². The maximum absolute atomic E-state index is 4.30. The molecule has 0 bridgehead atoms. The zero-order valence-electron chi connectivity index (χ0n) is 30.1. The third-order valence-electron chi connectivity index (χ3n) is 11.0. The molecule has 5 heteroatoms. The van der Waals surface area contributed by atoms with Crippen molar-refractivity contribution in [3.05, 3.63) is 199 Å². The van der Waals surface area contributed by atoms with Crippen LogP contribution in [0, 0.1) is 6.92 Å². The molecule has 12 rings (SSSR count). The minimum atomic E-state index is 0.0856. The number of fused-ring (bicyclic) bond motifs is 11. The van der Waals surface area contributed by atoms with Crippen molar-refractivity contribution >= 4 is 80.8 Å². The molecule has 55 heavy (non-hydrogen) atoms. The monoisotopic (exact) mass is 722 g/mol. The van der Waals surface area contributed by atoms with Gasteiger partial charge in [-0.25, -0.2) is 0 Å². The van der Waals surface area contributed by atoms with Crippen molar-refractivity contribution in [1.82, 2.24) is 9.13 Å². The Morgan fingerprint density at radius 3 is 2.00 bits per heavy atom. The van der Waals surface area contributed by atoms with Gasteiger partial charge in [0.15, 0.2) is 0 Å². The predicted octanol–water partition coefficient (Wildman–Crippen LogP) is 14.4. The summed E-state index contributed by atoms with van der Waals surface area (Å²) < 4.78 is 7.59. The first kappa shape index (κ1) is 31.7. The highest BCUT2D eigenvalue weighted by Gasteiger charge is 2.22. The van der Waals surface area contributed by atoms with E-state index in [2.05, 4.69) is 172 Å². The van der Waals surface area contributed by atoms with E-state index < -0.39 is 0 Å². The van der Waals surface area contributed by atoms with Gasteiger partial charge < -0.3 is 9.13 Å². The van der Waals surface area contributed by atoms with Crippen LogP contribution < -0.4 is 0 Å². The van der Waals surface area contributed by atoms with Crippen molar-refractivity contribution in [3.8, 4) is 11.4 Å². The minimum absolute atomic E-state index is 0.0856. The Morgan fingerprint density at radius 2 is 1.15 bits per heavy atom. The first-order chi connectivity index (χ1) is 27.2. The van der Waals surface area contributed by atoms with E-state index in [0.717, 1.165) is 5.69 Å². The molecule has 0 radical (unpaired) electrons. The second-order valence-corrected chi connectivity index (χ2v) is 15.3. The molecule has 1 aliphatic rings. The first-order valence-electron chi connectivity index (χ1n) is 18.7. The van der Waals surface area contributed by atoms with Gasteiger partial charge in [0, 0.05) is 54.0 Å². The van der Waals surface area contributed by atoms with Crippen LogP contribution >= 0.6 is 11.3 Å². The second-order valence-electron chi connectivity index (χ2n) is 14.3. The van der Waals surface area contributed by atoms with Gasteiger partial charge in [0.25, 0.3) is 0 Å². The van der Waals surface area contributed by atoms with Crippen LogP contribution in [0.1, 0.15) is 22.7 Å². The largest absolute Gasteiger partial charge is 0.309 e. The molecule has 0 saturated heterocycles. The molecule has 260 valence electrons. The molecule has 4 heterocycles. The van der Waals surface area contributed by atoms with Gasteiger partial charge in [-0.2, -0.15) is 10.2 Å². The Bertz CT molecular complexity index is 3280. The SMILES string of the molecule is Cc1cccc(-n2c3ccccc3c3cc4c5ccc6c7ccccc7sc6c5n(-c5ccccc5)c4cc32)c1.c1ccc(C2N=Nc3ccccc32)cc1. The fourth-order valence-electron chi connectivity index (χ4n) is 8.50. The van der Waals surface area contributed by atoms with Gasteiger partial charge in [-0.15, -0.1) is 11.3 Å². The zero-order chi connectivity index (χ0) is 36.5. The normalized spacial score (nSPS) is 13.7. The van der Waals surface area contributed by atoms with Crippen LogP contribution in [0.5, 0.6) is 0 Å². The number of para-hydroxylation sites is 2. The highest BCUT2D eigenvalue weighted by atomic mass is 32.1. The standard InChI is InChI=1S/C37H24N2S.C13H10N2/c1-23-10-9-13-25(20-23)38-32-16-7-5-14-26(32)30-21-31-28-18-19-29-27-15-6-8-17-35(27)40-37(29)36(28)39(34(31)22-33(30)38)24-11-3-2-4-12-24;1-2-6-10(7-3-1)13-11-8-4-5-9-12(11)14-15-13/h2-22H,1H3;1-9,13H. The fraction of sp³-hybridized carbons (Fsp3) is 0.0400. The molecule has 0 saturated carbocycles. The van der Waals surface area contributed by atoms with Crippen LogP contribution in [-0.2, 0) is 0 Å². The molecule has 4 nitrogen and oxygen atoms in total. The van der Waals surface area contributed by atoms with Crippen LogP contribution in [0.25, 0.3) is 75.2 Å². The maximum atomic E-state index is 4.30. The van der Waals surface area contributed by atoms with Gasteiger partial charge >= 0.3 is 0 Å². The molecule has 0 amide bonds. The molecule has 1 unspecified atom stereocenters. The highest BCUT2D eigenvalue weighted by molar-refractivity contribution is 7.26. The van der Waals surface area contributed by atoms with Crippen LogP contribution in [0.3, 0.4) is 0 Å². The van der Waals surface area contributed by atoms with Crippen molar-refractivity contribution in [2.45, 2.75) is 13.0 Å². The third-order valence-corrected chi connectivity index (χ3v) is 12.2.